The lowest BCUT2D eigenvalue weighted by atomic mass is 9.91. The minimum atomic E-state index is -0.163. The number of rotatable bonds is 5. The zero-order valence-corrected chi connectivity index (χ0v) is 12.4. The zero-order valence-electron chi connectivity index (χ0n) is 12.4. The van der Waals surface area contributed by atoms with Crippen molar-refractivity contribution in [2.75, 3.05) is 18.0 Å². The molecule has 3 rings (SSSR count). The molecule has 1 aliphatic carbocycles. The highest BCUT2D eigenvalue weighted by molar-refractivity contribution is 5.54. The largest absolute Gasteiger partial charge is 0.393 e. The Bertz CT molecular complexity index is 434. The van der Waals surface area contributed by atoms with E-state index in [1.54, 1.807) is 0 Å². The van der Waals surface area contributed by atoms with Crippen LogP contribution in [0.4, 0.5) is 5.69 Å². The van der Waals surface area contributed by atoms with Gasteiger partial charge in [0.25, 0.3) is 0 Å². The average molecular weight is 274 g/mol. The third-order valence-corrected chi connectivity index (χ3v) is 4.71. The summed E-state index contributed by atoms with van der Waals surface area (Å²) in [6, 6.07) is 9.51. The number of benzene rings is 1. The van der Waals surface area contributed by atoms with E-state index in [-0.39, 0.29) is 6.10 Å². The third kappa shape index (κ3) is 3.33. The highest BCUT2D eigenvalue weighted by atomic mass is 16.3. The van der Waals surface area contributed by atoms with Crippen LogP contribution >= 0.6 is 0 Å². The number of anilines is 1. The van der Waals surface area contributed by atoms with Crippen molar-refractivity contribution >= 4 is 5.69 Å². The van der Waals surface area contributed by atoms with Crippen molar-refractivity contribution in [3.63, 3.8) is 0 Å². The summed E-state index contributed by atoms with van der Waals surface area (Å²) < 4.78 is 0. The standard InChI is InChI=1S/C17H26N2O/c1-13(20)14-8-10-19(11-9-14)17-5-3-2-4-15(17)12-18-16-6-7-16/h2-5,13-14,16,18,20H,6-12H2,1H3. The smallest absolute Gasteiger partial charge is 0.0541 e. The third-order valence-electron chi connectivity index (χ3n) is 4.71. The van der Waals surface area contributed by atoms with Gasteiger partial charge in [0.15, 0.2) is 0 Å². The lowest BCUT2D eigenvalue weighted by Gasteiger charge is -2.36. The summed E-state index contributed by atoms with van der Waals surface area (Å²) >= 11 is 0. The van der Waals surface area contributed by atoms with Crippen molar-refractivity contribution in [2.45, 2.75) is 51.3 Å². The van der Waals surface area contributed by atoms with Crippen LogP contribution in [0.5, 0.6) is 0 Å². The molecule has 1 aromatic rings. The molecule has 0 aromatic heterocycles. The fourth-order valence-electron chi connectivity index (χ4n) is 3.13. The summed E-state index contributed by atoms with van der Waals surface area (Å²) in [4.78, 5) is 2.49. The average Bonchev–Trinajstić information content (AvgIpc) is 3.30. The quantitative estimate of drug-likeness (QED) is 0.866. The lowest BCUT2D eigenvalue weighted by molar-refractivity contribution is 0.110. The molecule has 110 valence electrons. The number of hydrogen-bond acceptors (Lipinski definition) is 3. The fraction of sp³-hybridized carbons (Fsp3) is 0.647. The van der Waals surface area contributed by atoms with E-state index in [0.29, 0.717) is 5.92 Å². The summed E-state index contributed by atoms with van der Waals surface area (Å²) in [7, 11) is 0. The molecule has 0 bridgehead atoms. The molecule has 0 radical (unpaired) electrons. The molecule has 1 aromatic carbocycles. The van der Waals surface area contributed by atoms with Gasteiger partial charge in [0.05, 0.1) is 6.10 Å². The number of para-hydroxylation sites is 1. The molecular weight excluding hydrogens is 248 g/mol. The fourth-order valence-corrected chi connectivity index (χ4v) is 3.13. The van der Waals surface area contributed by atoms with Gasteiger partial charge in [-0.2, -0.15) is 0 Å². The maximum atomic E-state index is 9.71. The normalized spacial score (nSPS) is 22.0. The van der Waals surface area contributed by atoms with E-state index in [1.165, 1.54) is 24.1 Å². The second kappa shape index (κ2) is 6.15. The van der Waals surface area contributed by atoms with Gasteiger partial charge in [-0.15, -0.1) is 0 Å². The van der Waals surface area contributed by atoms with E-state index in [4.69, 9.17) is 0 Å². The van der Waals surface area contributed by atoms with Crippen LogP contribution in [-0.4, -0.2) is 30.3 Å². The van der Waals surface area contributed by atoms with Crippen LogP contribution < -0.4 is 10.2 Å². The van der Waals surface area contributed by atoms with Crippen LogP contribution in [0.25, 0.3) is 0 Å². The van der Waals surface area contributed by atoms with Crippen LogP contribution in [-0.2, 0) is 6.54 Å². The number of hydrogen-bond donors (Lipinski definition) is 2. The predicted molar refractivity (Wildman–Crippen MR) is 82.9 cm³/mol. The van der Waals surface area contributed by atoms with Crippen LogP contribution in [0.1, 0.15) is 38.2 Å². The second-order valence-corrected chi connectivity index (χ2v) is 6.35. The van der Waals surface area contributed by atoms with Crippen LogP contribution in [0.2, 0.25) is 0 Å². The van der Waals surface area contributed by atoms with Crippen LogP contribution in [0.3, 0.4) is 0 Å². The molecule has 0 spiro atoms. The number of piperidine rings is 1. The first-order chi connectivity index (χ1) is 9.74. The van der Waals surface area contributed by atoms with Crippen molar-refractivity contribution < 1.29 is 5.11 Å². The van der Waals surface area contributed by atoms with Gasteiger partial charge >= 0.3 is 0 Å². The van der Waals surface area contributed by atoms with Gasteiger partial charge in [0.2, 0.25) is 0 Å². The molecule has 1 unspecified atom stereocenters. The summed E-state index contributed by atoms with van der Waals surface area (Å²) in [6.45, 7) is 5.04. The Morgan fingerprint density at radius 1 is 1.20 bits per heavy atom. The molecule has 1 atom stereocenters. The first kappa shape index (κ1) is 13.9. The Balaban J connectivity index is 1.64. The van der Waals surface area contributed by atoms with Crippen molar-refractivity contribution in [1.82, 2.24) is 5.32 Å². The predicted octanol–water partition coefficient (Wildman–Crippen LogP) is 2.54. The summed E-state index contributed by atoms with van der Waals surface area (Å²) in [5, 5.41) is 13.3. The molecular formula is C17H26N2O. The van der Waals surface area contributed by atoms with Gasteiger partial charge in [0, 0.05) is 31.4 Å². The Labute approximate surface area is 122 Å². The molecule has 2 N–H and O–H groups in total. The second-order valence-electron chi connectivity index (χ2n) is 6.35. The van der Waals surface area contributed by atoms with E-state index >= 15 is 0 Å². The zero-order chi connectivity index (χ0) is 13.9. The number of nitrogens with zero attached hydrogens (tertiary/aromatic N) is 1. The van der Waals surface area contributed by atoms with Crippen LogP contribution in [0.15, 0.2) is 24.3 Å². The maximum absolute atomic E-state index is 9.71. The summed E-state index contributed by atoms with van der Waals surface area (Å²) in [5.41, 5.74) is 2.79. The van der Waals surface area contributed by atoms with E-state index in [1.807, 2.05) is 6.92 Å². The Morgan fingerprint density at radius 3 is 2.55 bits per heavy atom. The molecule has 1 saturated heterocycles. The number of aliphatic hydroxyl groups excluding tert-OH is 1. The molecule has 3 heteroatoms. The summed E-state index contributed by atoms with van der Waals surface area (Å²) in [5.74, 6) is 0.475. The molecule has 20 heavy (non-hydrogen) atoms. The molecule has 0 amide bonds. The van der Waals surface area contributed by atoms with Gasteiger partial charge in [-0.3, -0.25) is 0 Å². The number of nitrogens with one attached hydrogen (secondary N) is 1. The van der Waals surface area contributed by atoms with Crippen molar-refractivity contribution in [3.8, 4) is 0 Å². The van der Waals surface area contributed by atoms with Gasteiger partial charge in [0.1, 0.15) is 0 Å². The summed E-state index contributed by atoms with van der Waals surface area (Å²) in [6.07, 6.45) is 4.71. The monoisotopic (exact) mass is 274 g/mol. The highest BCUT2D eigenvalue weighted by Gasteiger charge is 2.24. The molecule has 3 nitrogen and oxygen atoms in total. The SMILES string of the molecule is CC(O)C1CCN(c2ccccc2CNC2CC2)CC1. The molecule has 1 heterocycles. The van der Waals surface area contributed by atoms with Gasteiger partial charge < -0.3 is 15.3 Å². The first-order valence-electron chi connectivity index (χ1n) is 7.98. The number of aliphatic hydroxyl groups is 1. The Kier molecular flexibility index (Phi) is 4.27. The van der Waals surface area contributed by atoms with Crippen LogP contribution in [0, 0.1) is 5.92 Å². The lowest BCUT2D eigenvalue weighted by Crippen LogP contribution is -2.37. The molecule has 2 aliphatic rings. The van der Waals surface area contributed by atoms with E-state index in [0.717, 1.165) is 38.5 Å². The van der Waals surface area contributed by atoms with Crippen molar-refractivity contribution in [3.05, 3.63) is 29.8 Å². The molecule has 2 fully saturated rings. The van der Waals surface area contributed by atoms with Crippen molar-refractivity contribution in [2.24, 2.45) is 5.92 Å². The molecule has 1 saturated carbocycles. The topological polar surface area (TPSA) is 35.5 Å². The minimum Gasteiger partial charge on any atom is -0.393 e. The van der Waals surface area contributed by atoms with Gasteiger partial charge in [-0.05, 0) is 50.2 Å². The first-order valence-corrected chi connectivity index (χ1v) is 7.98. The van der Waals surface area contributed by atoms with Gasteiger partial charge in [-0.1, -0.05) is 18.2 Å². The highest BCUT2D eigenvalue weighted by Crippen LogP contribution is 2.28. The van der Waals surface area contributed by atoms with E-state index in [2.05, 4.69) is 34.5 Å². The van der Waals surface area contributed by atoms with E-state index in [9.17, 15) is 5.11 Å². The minimum absolute atomic E-state index is 0.163. The Morgan fingerprint density at radius 2 is 1.90 bits per heavy atom. The molecule has 1 aliphatic heterocycles. The van der Waals surface area contributed by atoms with Crippen molar-refractivity contribution in [1.29, 1.82) is 0 Å². The Hall–Kier alpha value is -1.06. The maximum Gasteiger partial charge on any atom is 0.0541 e. The van der Waals surface area contributed by atoms with Gasteiger partial charge in [-0.25, -0.2) is 0 Å². The van der Waals surface area contributed by atoms with E-state index < -0.39 is 0 Å².